The maximum Gasteiger partial charge on any atom is 0.410 e. The van der Waals surface area contributed by atoms with Crippen LogP contribution in [-0.2, 0) is 4.74 Å². The summed E-state index contributed by atoms with van der Waals surface area (Å²) >= 11 is 12.1. The summed E-state index contributed by atoms with van der Waals surface area (Å²) in [5.74, 6) is 0.269. The number of piperidine rings is 1. The van der Waals surface area contributed by atoms with E-state index in [9.17, 15) is 4.79 Å². The van der Waals surface area contributed by atoms with Crippen molar-refractivity contribution in [1.82, 2.24) is 14.9 Å². The van der Waals surface area contributed by atoms with E-state index in [1.54, 1.807) is 23.2 Å². The molecule has 0 aliphatic carbocycles. The van der Waals surface area contributed by atoms with Crippen molar-refractivity contribution in [3.05, 3.63) is 34.1 Å². The Labute approximate surface area is 157 Å². The normalized spacial score (nSPS) is 16.3. The van der Waals surface area contributed by atoms with Gasteiger partial charge in [-0.1, -0.05) is 23.2 Å². The predicted molar refractivity (Wildman–Crippen MR) is 99.3 cm³/mol. The Kier molecular flexibility index (Phi) is 5.07. The molecular formula is C18H21Cl2N3O2. The molecule has 0 radical (unpaired) electrons. The van der Waals surface area contributed by atoms with Crippen molar-refractivity contribution in [2.75, 3.05) is 13.1 Å². The molecule has 0 spiro atoms. The van der Waals surface area contributed by atoms with Crippen molar-refractivity contribution in [2.45, 2.75) is 45.1 Å². The van der Waals surface area contributed by atoms with Crippen LogP contribution in [0.5, 0.6) is 0 Å². The van der Waals surface area contributed by atoms with E-state index in [0.717, 1.165) is 29.6 Å². The Hall–Kier alpha value is -1.59. The summed E-state index contributed by atoms with van der Waals surface area (Å²) < 4.78 is 5.43. The van der Waals surface area contributed by atoms with Gasteiger partial charge in [0, 0.05) is 25.2 Å². The number of halogens is 2. The first-order chi connectivity index (χ1) is 11.7. The Morgan fingerprint density at radius 2 is 1.76 bits per heavy atom. The summed E-state index contributed by atoms with van der Waals surface area (Å²) in [5, 5.41) is 0.947. The van der Waals surface area contributed by atoms with Gasteiger partial charge >= 0.3 is 6.09 Å². The average Bonchev–Trinajstić information content (AvgIpc) is 2.54. The Morgan fingerprint density at radius 3 is 2.36 bits per heavy atom. The summed E-state index contributed by atoms with van der Waals surface area (Å²) in [6.45, 7) is 6.93. The molecule has 1 aliphatic rings. The number of amides is 1. The molecule has 1 aromatic heterocycles. The van der Waals surface area contributed by atoms with Crippen LogP contribution >= 0.6 is 23.2 Å². The zero-order valence-corrected chi connectivity index (χ0v) is 16.1. The van der Waals surface area contributed by atoms with Gasteiger partial charge in [0.05, 0.1) is 26.8 Å². The minimum atomic E-state index is -0.474. The molecule has 25 heavy (non-hydrogen) atoms. The number of ether oxygens (including phenoxy) is 1. The lowest BCUT2D eigenvalue weighted by molar-refractivity contribution is 0.0204. The van der Waals surface area contributed by atoms with Crippen LogP contribution in [-0.4, -0.2) is 39.7 Å². The molecule has 1 fully saturated rings. The molecule has 5 nitrogen and oxygen atoms in total. The molecule has 1 aromatic carbocycles. The van der Waals surface area contributed by atoms with Crippen LogP contribution in [0, 0.1) is 0 Å². The molecule has 1 saturated heterocycles. The Morgan fingerprint density at radius 1 is 1.16 bits per heavy atom. The van der Waals surface area contributed by atoms with Crippen molar-refractivity contribution in [2.24, 2.45) is 0 Å². The summed E-state index contributed by atoms with van der Waals surface area (Å²) in [7, 11) is 0. The third kappa shape index (κ3) is 4.33. The van der Waals surface area contributed by atoms with Crippen LogP contribution in [0.1, 0.15) is 45.2 Å². The molecule has 1 aliphatic heterocycles. The van der Waals surface area contributed by atoms with Gasteiger partial charge in [0.25, 0.3) is 0 Å². The first-order valence-corrected chi connectivity index (χ1v) is 9.08. The van der Waals surface area contributed by atoms with E-state index in [1.807, 2.05) is 20.8 Å². The van der Waals surface area contributed by atoms with Crippen molar-refractivity contribution < 1.29 is 9.53 Å². The van der Waals surface area contributed by atoms with Crippen LogP contribution in [0.15, 0.2) is 18.3 Å². The number of benzene rings is 1. The molecule has 0 unspecified atom stereocenters. The summed E-state index contributed by atoms with van der Waals surface area (Å²) in [5.41, 5.74) is 1.92. The van der Waals surface area contributed by atoms with Gasteiger partial charge in [0.15, 0.2) is 0 Å². The summed E-state index contributed by atoms with van der Waals surface area (Å²) in [6.07, 6.45) is 3.21. The van der Waals surface area contributed by atoms with Gasteiger partial charge in [-0.05, 0) is 45.7 Å². The van der Waals surface area contributed by atoms with Gasteiger partial charge in [-0.3, -0.25) is 4.98 Å². The monoisotopic (exact) mass is 381 g/mol. The van der Waals surface area contributed by atoms with Crippen molar-refractivity contribution >= 4 is 40.3 Å². The number of carbonyl (C=O) groups excluding carboxylic acids is 1. The van der Waals surface area contributed by atoms with Crippen LogP contribution < -0.4 is 0 Å². The maximum absolute atomic E-state index is 12.1. The lowest BCUT2D eigenvalue weighted by Crippen LogP contribution is -2.41. The third-order valence-corrected chi connectivity index (χ3v) is 4.89. The second kappa shape index (κ2) is 6.96. The fraction of sp³-hybridized carbons (Fsp3) is 0.500. The highest BCUT2D eigenvalue weighted by atomic mass is 35.5. The molecule has 0 N–H and O–H groups in total. The van der Waals surface area contributed by atoms with E-state index in [1.165, 1.54) is 0 Å². The number of likely N-dealkylation sites (tertiary alicyclic amines) is 1. The number of hydrogen-bond donors (Lipinski definition) is 0. The Balaban J connectivity index is 1.69. The van der Waals surface area contributed by atoms with Gasteiger partial charge < -0.3 is 9.64 Å². The number of nitrogens with zero attached hydrogens (tertiary/aromatic N) is 3. The van der Waals surface area contributed by atoms with E-state index in [0.29, 0.717) is 23.1 Å². The fourth-order valence-electron chi connectivity index (χ4n) is 2.90. The fourth-order valence-corrected chi connectivity index (χ4v) is 3.22. The second-order valence-electron chi connectivity index (χ2n) is 7.29. The zero-order valence-electron chi connectivity index (χ0n) is 14.6. The molecule has 0 atom stereocenters. The lowest BCUT2D eigenvalue weighted by Gasteiger charge is -2.33. The van der Waals surface area contributed by atoms with E-state index in [4.69, 9.17) is 27.9 Å². The van der Waals surface area contributed by atoms with Crippen molar-refractivity contribution in [1.29, 1.82) is 0 Å². The molecule has 2 heterocycles. The van der Waals surface area contributed by atoms with Crippen LogP contribution in [0.2, 0.25) is 10.0 Å². The molecule has 0 saturated carbocycles. The highest BCUT2D eigenvalue weighted by Crippen LogP contribution is 2.30. The quantitative estimate of drug-likeness (QED) is 0.693. The van der Waals surface area contributed by atoms with E-state index in [2.05, 4.69) is 9.97 Å². The molecular weight excluding hydrogens is 361 g/mol. The average molecular weight is 382 g/mol. The summed E-state index contributed by atoms with van der Waals surface area (Å²) in [6, 6.07) is 3.46. The molecule has 0 bridgehead atoms. The molecule has 3 rings (SSSR count). The zero-order chi connectivity index (χ0) is 18.2. The van der Waals surface area contributed by atoms with Gasteiger partial charge in [0.1, 0.15) is 5.60 Å². The van der Waals surface area contributed by atoms with E-state index < -0.39 is 5.60 Å². The largest absolute Gasteiger partial charge is 0.444 e. The van der Waals surface area contributed by atoms with E-state index in [-0.39, 0.29) is 12.0 Å². The highest BCUT2D eigenvalue weighted by molar-refractivity contribution is 6.42. The van der Waals surface area contributed by atoms with Gasteiger partial charge in [-0.2, -0.15) is 0 Å². The topological polar surface area (TPSA) is 55.3 Å². The van der Waals surface area contributed by atoms with Gasteiger partial charge in [-0.15, -0.1) is 0 Å². The Bertz CT molecular complexity index is 797. The van der Waals surface area contributed by atoms with E-state index >= 15 is 0 Å². The molecule has 2 aromatic rings. The van der Waals surface area contributed by atoms with Crippen LogP contribution in [0.3, 0.4) is 0 Å². The highest BCUT2D eigenvalue weighted by Gasteiger charge is 2.28. The smallest absolute Gasteiger partial charge is 0.410 e. The van der Waals surface area contributed by atoms with Crippen LogP contribution in [0.25, 0.3) is 11.0 Å². The number of hydrogen-bond acceptors (Lipinski definition) is 4. The molecule has 134 valence electrons. The van der Waals surface area contributed by atoms with Gasteiger partial charge in [0.2, 0.25) is 0 Å². The predicted octanol–water partition coefficient (Wildman–Crippen LogP) is 5.05. The third-order valence-electron chi connectivity index (χ3n) is 4.17. The van der Waals surface area contributed by atoms with Crippen molar-refractivity contribution in [3.63, 3.8) is 0 Å². The number of carbonyl (C=O) groups is 1. The number of rotatable bonds is 1. The second-order valence-corrected chi connectivity index (χ2v) is 8.11. The first-order valence-electron chi connectivity index (χ1n) is 8.32. The minimum absolute atomic E-state index is 0.253. The molecule has 7 heteroatoms. The van der Waals surface area contributed by atoms with Crippen LogP contribution in [0.4, 0.5) is 4.79 Å². The van der Waals surface area contributed by atoms with Gasteiger partial charge in [-0.25, -0.2) is 9.78 Å². The number of fused-ring (bicyclic) bond motifs is 1. The maximum atomic E-state index is 12.1. The first kappa shape index (κ1) is 18.2. The summed E-state index contributed by atoms with van der Waals surface area (Å²) in [4.78, 5) is 23.0. The molecule has 1 amide bonds. The lowest BCUT2D eigenvalue weighted by atomic mass is 9.94. The van der Waals surface area contributed by atoms with Crippen molar-refractivity contribution in [3.8, 4) is 0 Å². The minimum Gasteiger partial charge on any atom is -0.444 e. The SMILES string of the molecule is CC(C)(C)OC(=O)N1CCC(c2cnc3cc(Cl)c(Cl)cc3n2)CC1. The number of aromatic nitrogens is 2. The standard InChI is InChI=1S/C18H21Cl2N3O2/c1-18(2,3)25-17(24)23-6-4-11(5-7-23)16-10-21-14-8-12(19)13(20)9-15(14)22-16/h8-11H,4-7H2,1-3H3.